The Bertz CT molecular complexity index is 876. The van der Waals surface area contributed by atoms with Gasteiger partial charge in [-0.05, 0) is 64.5 Å². The minimum Gasteiger partial charge on any atom is -0.465 e. The van der Waals surface area contributed by atoms with Gasteiger partial charge in [-0.15, -0.1) is 0 Å². The maximum absolute atomic E-state index is 13.3. The summed E-state index contributed by atoms with van der Waals surface area (Å²) in [6, 6.07) is 6.08. The zero-order valence-electron chi connectivity index (χ0n) is 16.2. The minimum atomic E-state index is -5.10. The second-order valence-corrected chi connectivity index (χ2v) is 7.54. The Balaban J connectivity index is 2.39. The van der Waals surface area contributed by atoms with Crippen LogP contribution in [0.5, 0.6) is 5.75 Å². The number of aryl methyl sites for hydroxylation is 1. The van der Waals surface area contributed by atoms with Crippen LogP contribution in [-0.2, 0) is 17.1 Å². The number of rotatable bonds is 7. The first-order chi connectivity index (χ1) is 13.8. The van der Waals surface area contributed by atoms with Crippen LogP contribution in [-0.4, -0.2) is 18.4 Å². The molecule has 0 heterocycles. The lowest BCUT2D eigenvalue weighted by Gasteiger charge is -2.18. The molecule has 2 aromatic rings. The van der Waals surface area contributed by atoms with E-state index < -0.39 is 49.4 Å². The van der Waals surface area contributed by atoms with Crippen molar-refractivity contribution >= 4 is 19.4 Å². The molecule has 2 unspecified atom stereocenters. The predicted octanol–water partition coefficient (Wildman–Crippen LogP) is 5.94. The number of alkyl halides is 6. The average Bonchev–Trinajstić information content (AvgIpc) is 2.62. The van der Waals surface area contributed by atoms with Crippen molar-refractivity contribution in [2.75, 3.05) is 6.61 Å². The van der Waals surface area contributed by atoms with Crippen molar-refractivity contribution in [3.8, 4) is 5.75 Å². The first-order valence-corrected chi connectivity index (χ1v) is 9.82. The van der Waals surface area contributed by atoms with E-state index in [9.17, 15) is 31.1 Å². The van der Waals surface area contributed by atoms with Gasteiger partial charge in [-0.2, -0.15) is 26.3 Å². The second kappa shape index (κ2) is 9.35. The largest absolute Gasteiger partial charge is 0.465 e. The summed E-state index contributed by atoms with van der Waals surface area (Å²) >= 11 is 0. The molecule has 10 heteroatoms. The lowest BCUT2D eigenvalue weighted by atomic mass is 10.0. The van der Waals surface area contributed by atoms with Crippen LogP contribution in [0.15, 0.2) is 36.4 Å². The predicted molar refractivity (Wildman–Crippen MR) is 102 cm³/mol. The van der Waals surface area contributed by atoms with E-state index in [1.807, 2.05) is 0 Å². The lowest BCUT2D eigenvalue weighted by molar-refractivity contribution is -0.143. The Labute approximate surface area is 171 Å². The first kappa shape index (κ1) is 24.2. The average molecular weight is 452 g/mol. The molecular formula is C20H19F6O3P. The van der Waals surface area contributed by atoms with Crippen molar-refractivity contribution in [3.05, 3.63) is 58.7 Å². The quantitative estimate of drug-likeness (QED) is 0.297. The molecule has 2 aromatic carbocycles. The fourth-order valence-corrected chi connectivity index (χ4v) is 3.84. The zero-order valence-corrected chi connectivity index (χ0v) is 17.2. The van der Waals surface area contributed by atoms with Gasteiger partial charge in [0.1, 0.15) is 5.75 Å². The van der Waals surface area contributed by atoms with E-state index in [1.165, 1.54) is 12.1 Å². The molecule has 0 radical (unpaired) electrons. The molecule has 30 heavy (non-hydrogen) atoms. The number of halogens is 6. The van der Waals surface area contributed by atoms with Crippen molar-refractivity contribution in [2.45, 2.75) is 39.4 Å². The van der Waals surface area contributed by atoms with E-state index in [4.69, 9.17) is 9.47 Å². The van der Waals surface area contributed by atoms with Crippen LogP contribution >= 0.6 is 8.58 Å². The highest BCUT2D eigenvalue weighted by molar-refractivity contribution is 7.66. The molecule has 0 aromatic heterocycles. The SMILES string of the molecule is CCOC(C)Oc1ccc(PC(=O)c2c(C(F)(F)F)cccc2C(F)(F)F)c(C)c1. The monoisotopic (exact) mass is 452 g/mol. The molecule has 164 valence electrons. The Kier molecular flexibility index (Phi) is 7.53. The highest BCUT2D eigenvalue weighted by Crippen LogP contribution is 2.41. The van der Waals surface area contributed by atoms with Crippen LogP contribution in [0.1, 0.15) is 40.9 Å². The molecule has 0 fully saturated rings. The van der Waals surface area contributed by atoms with E-state index in [0.717, 1.165) is 0 Å². The summed E-state index contributed by atoms with van der Waals surface area (Å²) in [7, 11) is -0.928. The number of carbonyl (C=O) groups is 1. The van der Waals surface area contributed by atoms with Gasteiger partial charge in [0.15, 0.2) is 11.8 Å². The van der Waals surface area contributed by atoms with Gasteiger partial charge in [0.2, 0.25) is 0 Å². The number of hydrogen-bond donors (Lipinski definition) is 0. The normalized spacial score (nSPS) is 13.6. The van der Waals surface area contributed by atoms with Gasteiger partial charge in [0, 0.05) is 12.2 Å². The van der Waals surface area contributed by atoms with Crippen LogP contribution in [0.3, 0.4) is 0 Å². The molecule has 2 atom stereocenters. The minimum absolute atomic E-state index is 0.321. The van der Waals surface area contributed by atoms with Gasteiger partial charge in [0.05, 0.1) is 11.1 Å². The molecular weight excluding hydrogens is 433 g/mol. The molecule has 0 aliphatic heterocycles. The summed E-state index contributed by atoms with van der Waals surface area (Å²) in [5.41, 5.74) is -5.30. The third kappa shape index (κ3) is 5.95. The Morgan fingerprint density at radius 3 is 2.07 bits per heavy atom. The molecule has 0 aliphatic carbocycles. The van der Waals surface area contributed by atoms with Gasteiger partial charge < -0.3 is 9.47 Å². The standard InChI is InChI=1S/C20H19F6O3P/c1-4-28-12(3)29-13-8-9-16(11(2)10-13)30-18(27)17-14(19(21,22)23)6-5-7-15(17)20(24,25)26/h5-10,12,30H,4H2,1-3H3. The Hall–Kier alpha value is -2.12. The molecule has 0 saturated heterocycles. The van der Waals surface area contributed by atoms with Crippen LogP contribution in [0, 0.1) is 6.92 Å². The van der Waals surface area contributed by atoms with Crippen molar-refractivity contribution in [1.29, 1.82) is 0 Å². The fraction of sp³-hybridized carbons (Fsp3) is 0.350. The molecule has 0 N–H and O–H groups in total. The summed E-state index contributed by atoms with van der Waals surface area (Å²) in [5, 5.41) is 0.321. The van der Waals surface area contributed by atoms with Crippen molar-refractivity contribution in [2.24, 2.45) is 0 Å². The molecule has 0 spiro atoms. The van der Waals surface area contributed by atoms with Gasteiger partial charge in [-0.3, -0.25) is 4.79 Å². The van der Waals surface area contributed by atoms with Crippen LogP contribution in [0.25, 0.3) is 0 Å². The van der Waals surface area contributed by atoms with E-state index in [-0.39, 0.29) is 0 Å². The van der Waals surface area contributed by atoms with E-state index in [0.29, 0.717) is 41.4 Å². The van der Waals surface area contributed by atoms with Crippen molar-refractivity contribution in [1.82, 2.24) is 0 Å². The zero-order chi connectivity index (χ0) is 22.7. The third-order valence-electron chi connectivity index (χ3n) is 4.05. The first-order valence-electron chi connectivity index (χ1n) is 8.82. The number of carbonyl (C=O) groups excluding carboxylic acids is 1. The molecule has 0 saturated carbocycles. The van der Waals surface area contributed by atoms with Gasteiger partial charge in [-0.1, -0.05) is 12.1 Å². The van der Waals surface area contributed by atoms with Crippen LogP contribution in [0.2, 0.25) is 0 Å². The van der Waals surface area contributed by atoms with Crippen LogP contribution < -0.4 is 10.0 Å². The van der Waals surface area contributed by atoms with Gasteiger partial charge >= 0.3 is 12.4 Å². The maximum atomic E-state index is 13.3. The van der Waals surface area contributed by atoms with E-state index in [2.05, 4.69) is 0 Å². The second-order valence-electron chi connectivity index (χ2n) is 6.30. The number of hydrogen-bond acceptors (Lipinski definition) is 3. The van der Waals surface area contributed by atoms with Crippen molar-refractivity contribution < 1.29 is 40.6 Å². The van der Waals surface area contributed by atoms with E-state index in [1.54, 1.807) is 26.8 Å². The lowest BCUT2D eigenvalue weighted by Crippen LogP contribution is -2.20. The molecule has 0 amide bonds. The Morgan fingerprint density at radius 2 is 1.60 bits per heavy atom. The fourth-order valence-electron chi connectivity index (χ4n) is 2.76. The highest BCUT2D eigenvalue weighted by atomic mass is 31.1. The van der Waals surface area contributed by atoms with Crippen LogP contribution in [0.4, 0.5) is 26.3 Å². The highest BCUT2D eigenvalue weighted by Gasteiger charge is 2.42. The third-order valence-corrected chi connectivity index (χ3v) is 5.36. The summed E-state index contributed by atoms with van der Waals surface area (Å²) in [5.74, 6) is 0.404. The van der Waals surface area contributed by atoms with Gasteiger partial charge in [0.25, 0.3) is 0 Å². The summed E-state index contributed by atoms with van der Waals surface area (Å²) in [6.45, 7) is 5.47. The Morgan fingerprint density at radius 1 is 1.03 bits per heavy atom. The number of benzene rings is 2. The maximum Gasteiger partial charge on any atom is 0.417 e. The smallest absolute Gasteiger partial charge is 0.417 e. The molecule has 0 aliphatic rings. The topological polar surface area (TPSA) is 35.5 Å². The number of ether oxygens (including phenoxy) is 2. The van der Waals surface area contributed by atoms with E-state index >= 15 is 0 Å². The summed E-state index contributed by atoms with van der Waals surface area (Å²) in [6.07, 6.45) is -10.7. The van der Waals surface area contributed by atoms with Crippen molar-refractivity contribution in [3.63, 3.8) is 0 Å². The molecule has 3 nitrogen and oxygen atoms in total. The molecule has 0 bridgehead atoms. The summed E-state index contributed by atoms with van der Waals surface area (Å²) < 4.78 is 90.5. The van der Waals surface area contributed by atoms with Gasteiger partial charge in [-0.25, -0.2) is 0 Å². The summed E-state index contributed by atoms with van der Waals surface area (Å²) in [4.78, 5) is 12.6. The molecule has 2 rings (SSSR count).